The second-order valence-corrected chi connectivity index (χ2v) is 5.45. The molecule has 0 unspecified atom stereocenters. The lowest BCUT2D eigenvalue weighted by Gasteiger charge is -2.09. The molecule has 2 aromatic carbocycles. The van der Waals surface area contributed by atoms with E-state index in [1.165, 1.54) is 6.07 Å². The maximum absolute atomic E-state index is 12.7. The van der Waals surface area contributed by atoms with Gasteiger partial charge < -0.3 is 10.3 Å². The highest BCUT2D eigenvalue weighted by atomic mass is 19.4. The number of para-hydroxylation sites is 1. The summed E-state index contributed by atoms with van der Waals surface area (Å²) >= 11 is 0. The van der Waals surface area contributed by atoms with Crippen molar-refractivity contribution in [2.75, 3.05) is 6.54 Å². The number of carbonyl (C=O) groups is 1. The van der Waals surface area contributed by atoms with E-state index < -0.39 is 11.7 Å². The fraction of sp³-hybridized carbons (Fsp3) is 0.167. The lowest BCUT2D eigenvalue weighted by atomic mass is 10.1. The van der Waals surface area contributed by atoms with E-state index in [1.807, 2.05) is 12.1 Å². The number of halogens is 3. The van der Waals surface area contributed by atoms with Crippen LogP contribution in [0.2, 0.25) is 0 Å². The van der Waals surface area contributed by atoms with Crippen LogP contribution in [0.15, 0.2) is 54.7 Å². The van der Waals surface area contributed by atoms with E-state index in [1.54, 1.807) is 24.4 Å². The molecule has 124 valence electrons. The number of hydrogen-bond donors (Lipinski definition) is 2. The first kappa shape index (κ1) is 16.1. The van der Waals surface area contributed by atoms with Crippen LogP contribution >= 0.6 is 0 Å². The molecular formula is C18H15F3N2O. The topological polar surface area (TPSA) is 44.9 Å². The molecule has 3 rings (SSSR count). The van der Waals surface area contributed by atoms with Crippen molar-refractivity contribution in [2.24, 2.45) is 0 Å². The summed E-state index contributed by atoms with van der Waals surface area (Å²) in [6, 6.07) is 12.4. The summed E-state index contributed by atoms with van der Waals surface area (Å²) in [6.45, 7) is 0.261. The van der Waals surface area contributed by atoms with Crippen molar-refractivity contribution in [3.63, 3.8) is 0 Å². The molecule has 0 bridgehead atoms. The molecule has 24 heavy (non-hydrogen) atoms. The third kappa shape index (κ3) is 3.42. The third-order valence-corrected chi connectivity index (χ3v) is 3.79. The van der Waals surface area contributed by atoms with Crippen LogP contribution in [0.4, 0.5) is 13.2 Å². The molecule has 1 heterocycles. The van der Waals surface area contributed by atoms with E-state index in [0.717, 1.165) is 23.0 Å². The van der Waals surface area contributed by atoms with Gasteiger partial charge in [-0.3, -0.25) is 4.79 Å². The fourth-order valence-corrected chi connectivity index (χ4v) is 2.59. The quantitative estimate of drug-likeness (QED) is 0.740. The Morgan fingerprint density at radius 3 is 2.67 bits per heavy atom. The minimum atomic E-state index is -4.36. The smallest absolute Gasteiger partial charge is 0.361 e. The van der Waals surface area contributed by atoms with Gasteiger partial charge in [-0.1, -0.05) is 30.3 Å². The third-order valence-electron chi connectivity index (χ3n) is 3.79. The summed E-state index contributed by atoms with van der Waals surface area (Å²) in [5, 5.41) is 3.68. The Morgan fingerprint density at radius 2 is 1.88 bits per heavy atom. The summed E-state index contributed by atoms with van der Waals surface area (Å²) in [7, 11) is 0. The van der Waals surface area contributed by atoms with Gasteiger partial charge >= 0.3 is 6.18 Å². The zero-order valence-corrected chi connectivity index (χ0v) is 12.7. The predicted octanol–water partition coefficient (Wildman–Crippen LogP) is 4.16. The van der Waals surface area contributed by atoms with Crippen LogP contribution in [0.5, 0.6) is 0 Å². The molecule has 3 aromatic rings. The van der Waals surface area contributed by atoms with Crippen LogP contribution < -0.4 is 5.32 Å². The van der Waals surface area contributed by atoms with Crippen molar-refractivity contribution < 1.29 is 18.0 Å². The van der Waals surface area contributed by atoms with E-state index in [0.29, 0.717) is 17.5 Å². The van der Waals surface area contributed by atoms with E-state index in [-0.39, 0.29) is 12.5 Å². The zero-order chi connectivity index (χ0) is 17.2. The number of aromatic nitrogens is 1. The molecule has 2 N–H and O–H groups in total. The van der Waals surface area contributed by atoms with Crippen LogP contribution in [0.3, 0.4) is 0 Å². The van der Waals surface area contributed by atoms with Gasteiger partial charge in [-0.25, -0.2) is 0 Å². The first-order valence-corrected chi connectivity index (χ1v) is 7.45. The number of hydrogen-bond acceptors (Lipinski definition) is 1. The molecule has 0 saturated carbocycles. The van der Waals surface area contributed by atoms with Gasteiger partial charge in [0.1, 0.15) is 0 Å². The standard InChI is InChI=1S/C18H15F3N2O/c19-18(20,21)14-5-1-3-12(11-14)7-9-23-17(24)15-6-2-4-13-8-10-22-16(13)15/h1-6,8,10-11,22H,7,9H2,(H,23,24). The summed E-state index contributed by atoms with van der Waals surface area (Å²) < 4.78 is 38.1. The Balaban J connectivity index is 1.64. The van der Waals surface area contributed by atoms with Gasteiger partial charge in [0.25, 0.3) is 5.91 Å². The van der Waals surface area contributed by atoms with Crippen LogP contribution in [0.1, 0.15) is 21.5 Å². The summed E-state index contributed by atoms with van der Waals surface area (Å²) in [5.41, 5.74) is 1.11. The highest BCUT2D eigenvalue weighted by molar-refractivity contribution is 6.05. The Labute approximate surface area is 136 Å². The number of alkyl halides is 3. The van der Waals surface area contributed by atoms with E-state index in [2.05, 4.69) is 10.3 Å². The molecule has 1 amide bonds. The fourth-order valence-electron chi connectivity index (χ4n) is 2.59. The van der Waals surface area contributed by atoms with Gasteiger partial charge in [0.05, 0.1) is 16.6 Å². The molecule has 0 aliphatic rings. The van der Waals surface area contributed by atoms with Gasteiger partial charge in [0.2, 0.25) is 0 Å². The molecule has 3 nitrogen and oxygen atoms in total. The largest absolute Gasteiger partial charge is 0.416 e. The number of H-pyrrole nitrogens is 1. The number of nitrogens with one attached hydrogen (secondary N) is 2. The Kier molecular flexibility index (Phi) is 4.29. The minimum absolute atomic E-state index is 0.255. The van der Waals surface area contributed by atoms with Crippen molar-refractivity contribution in [1.29, 1.82) is 0 Å². The van der Waals surface area contributed by atoms with Crippen LogP contribution in [0.25, 0.3) is 10.9 Å². The highest BCUT2D eigenvalue weighted by Crippen LogP contribution is 2.29. The maximum Gasteiger partial charge on any atom is 0.416 e. The molecule has 1 aromatic heterocycles. The summed E-state index contributed by atoms with van der Waals surface area (Å²) in [5.74, 6) is -0.255. The molecular weight excluding hydrogens is 317 g/mol. The van der Waals surface area contributed by atoms with Gasteiger partial charge in [0.15, 0.2) is 0 Å². The number of rotatable bonds is 4. The van der Waals surface area contributed by atoms with Crippen molar-refractivity contribution in [3.8, 4) is 0 Å². The van der Waals surface area contributed by atoms with Gasteiger partial charge in [0, 0.05) is 18.1 Å². The number of aromatic amines is 1. The first-order valence-electron chi connectivity index (χ1n) is 7.45. The van der Waals surface area contributed by atoms with E-state index >= 15 is 0 Å². The molecule has 6 heteroatoms. The number of fused-ring (bicyclic) bond motifs is 1. The monoisotopic (exact) mass is 332 g/mol. The molecule has 0 spiro atoms. The normalized spacial score (nSPS) is 11.6. The van der Waals surface area contributed by atoms with E-state index in [9.17, 15) is 18.0 Å². The average Bonchev–Trinajstić information content (AvgIpc) is 3.02. The van der Waals surface area contributed by atoms with E-state index in [4.69, 9.17) is 0 Å². The molecule has 0 saturated heterocycles. The molecule has 0 fully saturated rings. The Hall–Kier alpha value is -2.76. The first-order chi connectivity index (χ1) is 11.4. The zero-order valence-electron chi connectivity index (χ0n) is 12.7. The lowest BCUT2D eigenvalue weighted by Crippen LogP contribution is -2.26. The maximum atomic E-state index is 12.7. The minimum Gasteiger partial charge on any atom is -0.361 e. The summed E-state index contributed by atoms with van der Waals surface area (Å²) in [6.07, 6.45) is -2.27. The van der Waals surface area contributed by atoms with Crippen molar-refractivity contribution in [2.45, 2.75) is 12.6 Å². The SMILES string of the molecule is O=C(NCCc1cccc(C(F)(F)F)c1)c1cccc2cc[nH]c12. The predicted molar refractivity (Wildman–Crippen MR) is 85.8 cm³/mol. The van der Waals surface area contributed by atoms with Crippen LogP contribution in [-0.4, -0.2) is 17.4 Å². The molecule has 0 aliphatic heterocycles. The van der Waals surface area contributed by atoms with Crippen molar-refractivity contribution in [1.82, 2.24) is 10.3 Å². The van der Waals surface area contributed by atoms with Crippen LogP contribution in [0, 0.1) is 0 Å². The summed E-state index contributed by atoms with van der Waals surface area (Å²) in [4.78, 5) is 15.3. The Morgan fingerprint density at radius 1 is 1.08 bits per heavy atom. The Bertz CT molecular complexity index is 868. The average molecular weight is 332 g/mol. The number of amides is 1. The molecule has 0 atom stereocenters. The van der Waals surface area contributed by atoms with Gasteiger partial charge in [-0.15, -0.1) is 0 Å². The molecule has 0 aliphatic carbocycles. The van der Waals surface area contributed by atoms with Crippen molar-refractivity contribution in [3.05, 3.63) is 71.4 Å². The lowest BCUT2D eigenvalue weighted by molar-refractivity contribution is -0.137. The second kappa shape index (κ2) is 6.39. The molecule has 0 radical (unpaired) electrons. The van der Waals surface area contributed by atoms with Gasteiger partial charge in [-0.2, -0.15) is 13.2 Å². The highest BCUT2D eigenvalue weighted by Gasteiger charge is 2.30. The van der Waals surface area contributed by atoms with Gasteiger partial charge in [-0.05, 0) is 30.2 Å². The van der Waals surface area contributed by atoms with Crippen LogP contribution in [-0.2, 0) is 12.6 Å². The van der Waals surface area contributed by atoms with Crippen molar-refractivity contribution >= 4 is 16.8 Å². The number of benzene rings is 2. The number of carbonyl (C=O) groups excluding carboxylic acids is 1. The second-order valence-electron chi connectivity index (χ2n) is 5.45.